The van der Waals surface area contributed by atoms with Crippen LogP contribution in [0.15, 0.2) is 30.3 Å². The van der Waals surface area contributed by atoms with Gasteiger partial charge < -0.3 is 19.0 Å². The first-order chi connectivity index (χ1) is 15.5. The first kappa shape index (κ1) is 28.8. The van der Waals surface area contributed by atoms with Gasteiger partial charge in [0, 0.05) is 6.61 Å². The third-order valence-electron chi connectivity index (χ3n) is 6.86. The number of amides is 1. The molecule has 0 aromatic heterocycles. The van der Waals surface area contributed by atoms with Crippen molar-refractivity contribution in [2.45, 2.75) is 122 Å². The van der Waals surface area contributed by atoms with E-state index in [1.165, 1.54) is 0 Å². The minimum atomic E-state index is -2.14. The molecule has 1 amide bonds. The van der Waals surface area contributed by atoms with Crippen LogP contribution in [0, 0.1) is 0 Å². The Morgan fingerprint density at radius 3 is 2.24 bits per heavy atom. The summed E-state index contributed by atoms with van der Waals surface area (Å²) in [4.78, 5) is 15.2. The summed E-state index contributed by atoms with van der Waals surface area (Å²) in [5.41, 5.74) is -0.349. The van der Waals surface area contributed by atoms with Crippen LogP contribution < -0.4 is 0 Å². The Morgan fingerprint density at radius 2 is 1.74 bits per heavy atom. The van der Waals surface area contributed by atoms with Gasteiger partial charge >= 0.3 is 6.09 Å². The molecule has 1 aliphatic heterocycles. The molecule has 1 N–H and O–H groups in total. The number of aliphatic hydroxyl groups excluding tert-OH is 1. The highest BCUT2D eigenvalue weighted by Gasteiger charge is 2.54. The van der Waals surface area contributed by atoms with Gasteiger partial charge in [0.25, 0.3) is 0 Å². The van der Waals surface area contributed by atoms with Crippen LogP contribution in [0.25, 0.3) is 0 Å². The summed E-state index contributed by atoms with van der Waals surface area (Å²) in [6, 6.07) is 9.91. The Hall–Kier alpha value is -1.41. The van der Waals surface area contributed by atoms with Gasteiger partial charge in [0.2, 0.25) is 0 Å². The summed E-state index contributed by atoms with van der Waals surface area (Å²) in [6.45, 7) is 20.7. The Balaban J connectivity index is 2.50. The first-order valence-corrected chi connectivity index (χ1v) is 15.4. The molecule has 1 saturated heterocycles. The Bertz CT molecular complexity index is 797. The van der Waals surface area contributed by atoms with Gasteiger partial charge in [-0.2, -0.15) is 0 Å². The molecule has 3 atom stereocenters. The van der Waals surface area contributed by atoms with Gasteiger partial charge in [-0.3, -0.25) is 4.90 Å². The number of hydrogen-bond donors (Lipinski definition) is 1. The molecule has 0 saturated carbocycles. The van der Waals surface area contributed by atoms with Crippen LogP contribution in [0.3, 0.4) is 0 Å². The standard InChI is InChI=1S/C27H47NO5Si/c1-25(2,3)32-24(30)28-21(19-20-15-12-11-13-16-20)23(31-27(28,7)8)22(17-14-18-29)33-34(9,10)26(4,5)6/h11-13,15-16,21-23,29H,14,17-19H2,1-10H3. The predicted molar refractivity (Wildman–Crippen MR) is 139 cm³/mol. The maximum absolute atomic E-state index is 13.5. The van der Waals surface area contributed by atoms with Crippen molar-refractivity contribution < 1.29 is 23.8 Å². The van der Waals surface area contributed by atoms with E-state index in [0.717, 1.165) is 5.56 Å². The Kier molecular flexibility index (Phi) is 9.06. The summed E-state index contributed by atoms with van der Waals surface area (Å²) >= 11 is 0. The average molecular weight is 494 g/mol. The lowest BCUT2D eigenvalue weighted by Crippen LogP contribution is -2.53. The van der Waals surface area contributed by atoms with E-state index in [2.05, 4.69) is 46.0 Å². The first-order valence-electron chi connectivity index (χ1n) is 12.5. The third-order valence-corrected chi connectivity index (χ3v) is 11.4. The molecular formula is C27H47NO5Si. The number of carbonyl (C=O) groups is 1. The Labute approximate surface area is 208 Å². The summed E-state index contributed by atoms with van der Waals surface area (Å²) in [7, 11) is -2.14. The van der Waals surface area contributed by atoms with Crippen molar-refractivity contribution in [3.05, 3.63) is 35.9 Å². The van der Waals surface area contributed by atoms with Gasteiger partial charge in [0.05, 0.1) is 12.1 Å². The minimum Gasteiger partial charge on any atom is -0.444 e. The topological polar surface area (TPSA) is 68.2 Å². The number of benzene rings is 1. The summed E-state index contributed by atoms with van der Waals surface area (Å²) in [6.07, 6.45) is 0.942. The molecule has 0 radical (unpaired) electrons. The molecule has 0 aliphatic carbocycles. The Morgan fingerprint density at radius 1 is 1.15 bits per heavy atom. The van der Waals surface area contributed by atoms with Crippen LogP contribution in [-0.4, -0.2) is 60.6 Å². The molecule has 0 bridgehead atoms. The molecule has 2 rings (SSSR count). The quantitative estimate of drug-likeness (QED) is 0.441. The van der Waals surface area contributed by atoms with Crippen LogP contribution in [0.5, 0.6) is 0 Å². The molecule has 0 spiro atoms. The lowest BCUT2D eigenvalue weighted by molar-refractivity contribution is -0.102. The molecule has 1 aromatic carbocycles. The summed E-state index contributed by atoms with van der Waals surface area (Å²) in [5.74, 6) is 0. The van der Waals surface area contributed by atoms with E-state index in [4.69, 9.17) is 13.9 Å². The van der Waals surface area contributed by atoms with Crippen LogP contribution in [-0.2, 0) is 20.3 Å². The number of aliphatic hydroxyl groups is 1. The second kappa shape index (κ2) is 10.7. The zero-order valence-corrected chi connectivity index (χ0v) is 24.0. The van der Waals surface area contributed by atoms with Gasteiger partial charge in [-0.05, 0) is 77.6 Å². The fourth-order valence-electron chi connectivity index (χ4n) is 4.21. The molecule has 1 aliphatic rings. The molecule has 3 unspecified atom stereocenters. The van der Waals surface area contributed by atoms with Crippen LogP contribution in [0.1, 0.15) is 73.8 Å². The molecule has 1 fully saturated rings. The van der Waals surface area contributed by atoms with E-state index < -0.39 is 19.6 Å². The molecule has 6 nitrogen and oxygen atoms in total. The monoisotopic (exact) mass is 493 g/mol. The van der Waals surface area contributed by atoms with Crippen molar-refractivity contribution in [2.75, 3.05) is 6.61 Å². The number of carbonyl (C=O) groups excluding carboxylic acids is 1. The van der Waals surface area contributed by atoms with Crippen LogP contribution >= 0.6 is 0 Å². The molecule has 1 heterocycles. The van der Waals surface area contributed by atoms with E-state index in [0.29, 0.717) is 19.3 Å². The smallest absolute Gasteiger partial charge is 0.412 e. The van der Waals surface area contributed by atoms with Crippen molar-refractivity contribution >= 4 is 14.4 Å². The number of rotatable bonds is 8. The highest BCUT2D eigenvalue weighted by atomic mass is 28.4. The number of nitrogens with zero attached hydrogens (tertiary/aromatic N) is 1. The maximum atomic E-state index is 13.5. The van der Waals surface area contributed by atoms with E-state index >= 15 is 0 Å². The highest BCUT2D eigenvalue weighted by Crippen LogP contribution is 2.42. The summed E-state index contributed by atoms with van der Waals surface area (Å²) < 4.78 is 19.4. The van der Waals surface area contributed by atoms with Crippen LogP contribution in [0.2, 0.25) is 18.1 Å². The van der Waals surface area contributed by atoms with Crippen LogP contribution in [0.4, 0.5) is 4.79 Å². The van der Waals surface area contributed by atoms with Crippen molar-refractivity contribution in [3.63, 3.8) is 0 Å². The second-order valence-electron chi connectivity index (χ2n) is 12.4. The van der Waals surface area contributed by atoms with Gasteiger partial charge in [0.15, 0.2) is 8.32 Å². The van der Waals surface area contributed by atoms with Gasteiger partial charge in [0.1, 0.15) is 17.4 Å². The molecule has 34 heavy (non-hydrogen) atoms. The molecule has 7 heteroatoms. The predicted octanol–water partition coefficient (Wildman–Crippen LogP) is 6.13. The van der Waals surface area contributed by atoms with Gasteiger partial charge in [-0.25, -0.2) is 4.79 Å². The zero-order valence-electron chi connectivity index (χ0n) is 23.0. The average Bonchev–Trinajstić information content (AvgIpc) is 2.94. The zero-order chi connectivity index (χ0) is 25.9. The second-order valence-corrected chi connectivity index (χ2v) is 17.2. The van der Waals surface area contributed by atoms with E-state index in [9.17, 15) is 9.90 Å². The molecule has 194 valence electrons. The van der Waals surface area contributed by atoms with Crippen molar-refractivity contribution in [1.29, 1.82) is 0 Å². The largest absolute Gasteiger partial charge is 0.444 e. The highest BCUT2D eigenvalue weighted by molar-refractivity contribution is 6.74. The van der Waals surface area contributed by atoms with Crippen molar-refractivity contribution in [1.82, 2.24) is 4.90 Å². The third kappa shape index (κ3) is 7.29. The van der Waals surface area contributed by atoms with E-state index in [-0.39, 0.29) is 36.0 Å². The van der Waals surface area contributed by atoms with E-state index in [1.54, 1.807) is 4.90 Å². The lowest BCUT2D eigenvalue weighted by Gasteiger charge is -2.41. The number of hydrogen-bond acceptors (Lipinski definition) is 5. The fraction of sp³-hybridized carbons (Fsp3) is 0.741. The lowest BCUT2D eigenvalue weighted by atomic mass is 9.95. The van der Waals surface area contributed by atoms with Gasteiger partial charge in [-0.15, -0.1) is 0 Å². The van der Waals surface area contributed by atoms with Crippen molar-refractivity contribution in [2.24, 2.45) is 0 Å². The normalized spacial score (nSPS) is 22.0. The maximum Gasteiger partial charge on any atom is 0.412 e. The van der Waals surface area contributed by atoms with Gasteiger partial charge in [-0.1, -0.05) is 51.1 Å². The summed E-state index contributed by atoms with van der Waals surface area (Å²) in [5, 5.41) is 9.64. The SMILES string of the molecule is CC(C)(C)OC(=O)N1C(Cc2ccccc2)C(C(CCCO)O[Si](C)(C)C(C)(C)C)OC1(C)C. The fourth-order valence-corrected chi connectivity index (χ4v) is 5.57. The minimum absolute atomic E-state index is 0.0262. The molecule has 1 aromatic rings. The van der Waals surface area contributed by atoms with E-state index in [1.807, 2.05) is 52.8 Å². The molecular weight excluding hydrogens is 446 g/mol. The van der Waals surface area contributed by atoms with Crippen molar-refractivity contribution in [3.8, 4) is 0 Å². The number of ether oxygens (including phenoxy) is 2.